The summed E-state index contributed by atoms with van der Waals surface area (Å²) in [5.74, 6) is -0.321. The first-order chi connectivity index (χ1) is 9.72. The maximum Gasteiger partial charge on any atom is 0.123 e. The first-order valence-corrected chi connectivity index (χ1v) is 7.26. The number of ether oxygens (including phenoxy) is 1. The lowest BCUT2D eigenvalue weighted by molar-refractivity contribution is 0.0113. The van der Waals surface area contributed by atoms with E-state index in [0.717, 1.165) is 32.2 Å². The van der Waals surface area contributed by atoms with Crippen molar-refractivity contribution in [2.24, 2.45) is 0 Å². The van der Waals surface area contributed by atoms with Crippen molar-refractivity contribution in [3.05, 3.63) is 35.1 Å². The van der Waals surface area contributed by atoms with E-state index >= 15 is 0 Å². The van der Waals surface area contributed by atoms with Crippen molar-refractivity contribution in [3.8, 4) is 6.07 Å². The number of rotatable bonds is 5. The molecule has 2 rings (SSSR count). The van der Waals surface area contributed by atoms with Crippen LogP contribution in [0.3, 0.4) is 0 Å². The highest BCUT2D eigenvalue weighted by atomic mass is 19.1. The zero-order valence-electron chi connectivity index (χ0n) is 11.9. The standard InChI is InChI=1S/C16H21FN2O/c1-2-19-15-5-7-16(8-6-15)20-11-13-9-14(17)4-3-12(13)10-18/h3-4,9,15-16,19H,2,5-8,11H2,1H3. The number of nitrogens with zero attached hydrogens (tertiary/aromatic N) is 1. The average Bonchev–Trinajstić information content (AvgIpc) is 2.47. The molecule has 1 saturated carbocycles. The number of hydrogen-bond donors (Lipinski definition) is 1. The van der Waals surface area contributed by atoms with Gasteiger partial charge >= 0.3 is 0 Å². The highest BCUT2D eigenvalue weighted by Crippen LogP contribution is 2.23. The van der Waals surface area contributed by atoms with Crippen LogP contribution in [0.2, 0.25) is 0 Å². The van der Waals surface area contributed by atoms with Gasteiger partial charge in [-0.1, -0.05) is 6.92 Å². The topological polar surface area (TPSA) is 45.0 Å². The number of benzene rings is 1. The van der Waals surface area contributed by atoms with Crippen LogP contribution >= 0.6 is 0 Å². The highest BCUT2D eigenvalue weighted by Gasteiger charge is 2.21. The molecule has 20 heavy (non-hydrogen) atoms. The predicted molar refractivity (Wildman–Crippen MR) is 75.6 cm³/mol. The Bertz CT molecular complexity index is 476. The van der Waals surface area contributed by atoms with Gasteiger partial charge in [0.15, 0.2) is 0 Å². The van der Waals surface area contributed by atoms with Crippen molar-refractivity contribution in [3.63, 3.8) is 0 Å². The largest absolute Gasteiger partial charge is 0.373 e. The maximum atomic E-state index is 13.2. The summed E-state index contributed by atoms with van der Waals surface area (Å²) in [5.41, 5.74) is 1.13. The molecule has 0 atom stereocenters. The predicted octanol–water partition coefficient (Wildman–Crippen LogP) is 3.13. The molecular weight excluding hydrogens is 255 g/mol. The lowest BCUT2D eigenvalue weighted by Crippen LogP contribution is -2.35. The van der Waals surface area contributed by atoms with Crippen molar-refractivity contribution in [2.45, 2.75) is 51.4 Å². The van der Waals surface area contributed by atoms with Gasteiger partial charge in [0.05, 0.1) is 24.3 Å². The van der Waals surface area contributed by atoms with Gasteiger partial charge in [0, 0.05) is 6.04 Å². The smallest absolute Gasteiger partial charge is 0.123 e. The van der Waals surface area contributed by atoms with E-state index in [2.05, 4.69) is 18.3 Å². The van der Waals surface area contributed by atoms with Crippen LogP contribution in [-0.2, 0) is 11.3 Å². The summed E-state index contributed by atoms with van der Waals surface area (Å²) in [7, 11) is 0. The Morgan fingerprint density at radius 3 is 2.75 bits per heavy atom. The molecule has 1 N–H and O–H groups in total. The van der Waals surface area contributed by atoms with E-state index in [1.807, 2.05) is 0 Å². The lowest BCUT2D eigenvalue weighted by atomic mass is 9.93. The quantitative estimate of drug-likeness (QED) is 0.898. The molecular formula is C16H21FN2O. The summed E-state index contributed by atoms with van der Waals surface area (Å²) in [5, 5.41) is 12.5. The Morgan fingerprint density at radius 2 is 2.10 bits per heavy atom. The monoisotopic (exact) mass is 276 g/mol. The van der Waals surface area contributed by atoms with E-state index in [-0.39, 0.29) is 11.9 Å². The molecule has 0 amide bonds. The van der Waals surface area contributed by atoms with Gasteiger partial charge in [0.2, 0.25) is 0 Å². The van der Waals surface area contributed by atoms with E-state index in [1.165, 1.54) is 18.2 Å². The van der Waals surface area contributed by atoms with Crippen LogP contribution in [0.25, 0.3) is 0 Å². The second-order valence-electron chi connectivity index (χ2n) is 5.26. The van der Waals surface area contributed by atoms with E-state index in [0.29, 0.717) is 23.8 Å². The normalized spacial score (nSPS) is 22.4. The van der Waals surface area contributed by atoms with Crippen LogP contribution in [0.15, 0.2) is 18.2 Å². The second-order valence-corrected chi connectivity index (χ2v) is 5.26. The average molecular weight is 276 g/mol. The molecule has 0 spiro atoms. The molecule has 1 aromatic rings. The third-order valence-electron chi connectivity index (χ3n) is 3.83. The zero-order chi connectivity index (χ0) is 14.4. The summed E-state index contributed by atoms with van der Waals surface area (Å²) in [4.78, 5) is 0. The van der Waals surface area contributed by atoms with Crippen LogP contribution in [0.4, 0.5) is 4.39 Å². The number of nitriles is 1. The fourth-order valence-corrected chi connectivity index (χ4v) is 2.72. The van der Waals surface area contributed by atoms with Crippen LogP contribution in [0.5, 0.6) is 0 Å². The van der Waals surface area contributed by atoms with Gasteiger partial charge in [-0.15, -0.1) is 0 Å². The molecule has 0 heterocycles. The fourth-order valence-electron chi connectivity index (χ4n) is 2.72. The molecule has 1 fully saturated rings. The van der Waals surface area contributed by atoms with Crippen molar-refractivity contribution in [1.29, 1.82) is 5.26 Å². The van der Waals surface area contributed by atoms with E-state index in [4.69, 9.17) is 10.00 Å². The van der Waals surface area contributed by atoms with Gasteiger partial charge in [-0.3, -0.25) is 0 Å². The van der Waals surface area contributed by atoms with E-state index < -0.39 is 0 Å². The number of halogens is 1. The van der Waals surface area contributed by atoms with Gasteiger partial charge in [-0.2, -0.15) is 5.26 Å². The minimum Gasteiger partial charge on any atom is -0.373 e. The van der Waals surface area contributed by atoms with Crippen LogP contribution in [0.1, 0.15) is 43.7 Å². The van der Waals surface area contributed by atoms with Crippen LogP contribution in [0, 0.1) is 17.1 Å². The maximum absolute atomic E-state index is 13.2. The molecule has 0 radical (unpaired) electrons. The first-order valence-electron chi connectivity index (χ1n) is 7.26. The van der Waals surface area contributed by atoms with Gasteiger partial charge in [-0.05, 0) is 56.0 Å². The molecule has 0 bridgehead atoms. The number of nitrogens with one attached hydrogen (secondary N) is 1. The van der Waals surface area contributed by atoms with Crippen molar-refractivity contribution in [1.82, 2.24) is 5.32 Å². The minimum absolute atomic E-state index is 0.222. The van der Waals surface area contributed by atoms with Crippen molar-refractivity contribution < 1.29 is 9.13 Å². The summed E-state index contributed by atoms with van der Waals surface area (Å²) in [6.45, 7) is 3.44. The third kappa shape index (κ3) is 4.03. The van der Waals surface area contributed by atoms with Crippen LogP contribution < -0.4 is 5.32 Å². The Hall–Kier alpha value is -1.44. The third-order valence-corrected chi connectivity index (χ3v) is 3.83. The van der Waals surface area contributed by atoms with E-state index in [9.17, 15) is 4.39 Å². The molecule has 1 aromatic carbocycles. The molecule has 0 saturated heterocycles. The molecule has 0 aliphatic heterocycles. The Morgan fingerprint density at radius 1 is 1.35 bits per heavy atom. The van der Waals surface area contributed by atoms with Crippen molar-refractivity contribution in [2.75, 3.05) is 6.54 Å². The lowest BCUT2D eigenvalue weighted by Gasteiger charge is -2.29. The van der Waals surface area contributed by atoms with Crippen LogP contribution in [-0.4, -0.2) is 18.7 Å². The molecule has 0 aromatic heterocycles. The summed E-state index contributed by atoms with van der Waals surface area (Å²) in [6.07, 6.45) is 4.50. The fraction of sp³-hybridized carbons (Fsp3) is 0.562. The van der Waals surface area contributed by atoms with Gasteiger partial charge in [-0.25, -0.2) is 4.39 Å². The molecule has 4 heteroatoms. The van der Waals surface area contributed by atoms with Gasteiger partial charge < -0.3 is 10.1 Å². The first kappa shape index (κ1) is 15.0. The van der Waals surface area contributed by atoms with E-state index in [1.54, 1.807) is 0 Å². The Kier molecular flexibility index (Phi) is 5.51. The molecule has 1 aliphatic carbocycles. The summed E-state index contributed by atoms with van der Waals surface area (Å²) in [6, 6.07) is 6.89. The van der Waals surface area contributed by atoms with Gasteiger partial charge in [0.25, 0.3) is 0 Å². The minimum atomic E-state index is -0.321. The molecule has 0 unspecified atom stereocenters. The molecule has 108 valence electrons. The summed E-state index contributed by atoms with van der Waals surface area (Å²) < 4.78 is 19.1. The summed E-state index contributed by atoms with van der Waals surface area (Å²) >= 11 is 0. The zero-order valence-corrected chi connectivity index (χ0v) is 11.9. The molecule has 3 nitrogen and oxygen atoms in total. The Labute approximate surface area is 119 Å². The number of hydrogen-bond acceptors (Lipinski definition) is 3. The molecule has 1 aliphatic rings. The van der Waals surface area contributed by atoms with Gasteiger partial charge in [0.1, 0.15) is 5.82 Å². The highest BCUT2D eigenvalue weighted by molar-refractivity contribution is 5.37. The van der Waals surface area contributed by atoms with Crippen molar-refractivity contribution >= 4 is 0 Å². The second kappa shape index (κ2) is 7.37. The Balaban J connectivity index is 1.85. The SMILES string of the molecule is CCNC1CCC(OCc2cc(F)ccc2C#N)CC1.